The molecule has 0 unspecified atom stereocenters. The number of halogens is 5. The number of hydrogen-bond donors (Lipinski definition) is 2. The van der Waals surface area contributed by atoms with Gasteiger partial charge in [0.15, 0.2) is 11.6 Å². The Morgan fingerprint density at radius 2 is 1.76 bits per heavy atom. The number of aliphatic hydroxyl groups is 1. The van der Waals surface area contributed by atoms with Gasteiger partial charge in [0, 0.05) is 54.0 Å². The molecule has 1 aliphatic heterocycles. The second-order valence-corrected chi connectivity index (χ2v) is 10.3. The first-order chi connectivity index (χ1) is 20.2. The molecule has 0 saturated heterocycles. The summed E-state index contributed by atoms with van der Waals surface area (Å²) in [6.07, 6.45) is -0.595. The summed E-state index contributed by atoms with van der Waals surface area (Å²) in [5.41, 5.74) is 4.97. The highest BCUT2D eigenvalue weighted by Gasteiger charge is 2.34. The van der Waals surface area contributed by atoms with Crippen molar-refractivity contribution in [2.24, 2.45) is 0 Å². The van der Waals surface area contributed by atoms with Gasteiger partial charge in [-0.15, -0.1) is 0 Å². The molecule has 0 radical (unpaired) electrons. The Bertz CT molecular complexity index is 1780. The molecular weight excluding hydrogens is 553 g/mol. The van der Waals surface area contributed by atoms with Crippen LogP contribution in [0.15, 0.2) is 48.8 Å². The van der Waals surface area contributed by atoms with Gasteiger partial charge in [-0.2, -0.15) is 18.3 Å². The van der Waals surface area contributed by atoms with E-state index in [9.17, 15) is 18.3 Å². The normalized spacial score (nSPS) is 13.7. The van der Waals surface area contributed by atoms with E-state index in [-0.39, 0.29) is 24.5 Å². The van der Waals surface area contributed by atoms with Crippen LogP contribution >= 0.6 is 0 Å². The number of aliphatic hydroxyl groups excluding tert-OH is 1. The fourth-order valence-electron chi connectivity index (χ4n) is 5.90. The Hall–Kier alpha value is -4.25. The van der Waals surface area contributed by atoms with Crippen LogP contribution in [0.25, 0.3) is 27.8 Å². The monoisotopic (exact) mass is 581 g/mol. The maximum atomic E-state index is 15.5. The summed E-state index contributed by atoms with van der Waals surface area (Å²) in [5.74, 6) is -1.85. The number of aromatic nitrogens is 4. The highest BCUT2D eigenvalue weighted by atomic mass is 19.4. The molecule has 4 heterocycles. The minimum Gasteiger partial charge on any atom is -0.391 e. The molecule has 6 rings (SSSR count). The Balaban J connectivity index is 1.59. The van der Waals surface area contributed by atoms with Crippen LogP contribution in [0.4, 0.5) is 27.8 Å². The zero-order valence-electron chi connectivity index (χ0n) is 23.0. The lowest BCUT2D eigenvalue weighted by molar-refractivity contribution is -0.138. The Labute approximate surface area is 238 Å². The third-order valence-corrected chi connectivity index (χ3v) is 7.97. The highest BCUT2D eigenvalue weighted by molar-refractivity contribution is 5.97. The lowest BCUT2D eigenvalue weighted by Crippen LogP contribution is -2.32. The number of para-hydroxylation sites is 1. The Morgan fingerprint density at radius 1 is 1.02 bits per heavy atom. The van der Waals surface area contributed by atoms with Gasteiger partial charge in [0.05, 0.1) is 34.8 Å². The van der Waals surface area contributed by atoms with E-state index in [1.807, 2.05) is 36.7 Å². The molecule has 218 valence electrons. The molecule has 5 aromatic rings. The largest absolute Gasteiger partial charge is 0.417 e. The molecule has 2 aromatic carbocycles. The summed E-state index contributed by atoms with van der Waals surface area (Å²) in [6, 6.07) is 9.68. The maximum Gasteiger partial charge on any atom is 0.417 e. The number of rotatable bonds is 6. The fraction of sp³-hybridized carbons (Fsp3) is 0.290. The average molecular weight is 582 g/mol. The first kappa shape index (κ1) is 27.9. The van der Waals surface area contributed by atoms with Crippen LogP contribution in [-0.2, 0) is 38.6 Å². The predicted octanol–water partition coefficient (Wildman–Crippen LogP) is 6.89. The fourth-order valence-corrected chi connectivity index (χ4v) is 5.90. The molecule has 6 nitrogen and oxygen atoms in total. The zero-order chi connectivity index (χ0) is 29.8. The van der Waals surface area contributed by atoms with Gasteiger partial charge in [0.2, 0.25) is 0 Å². The summed E-state index contributed by atoms with van der Waals surface area (Å²) in [7, 11) is 0. The van der Waals surface area contributed by atoms with Gasteiger partial charge in [0.25, 0.3) is 0 Å². The van der Waals surface area contributed by atoms with Crippen LogP contribution in [0.5, 0.6) is 0 Å². The van der Waals surface area contributed by atoms with Crippen molar-refractivity contribution in [3.05, 3.63) is 93.9 Å². The maximum absolute atomic E-state index is 15.5. The van der Waals surface area contributed by atoms with E-state index in [2.05, 4.69) is 9.97 Å². The molecule has 0 atom stereocenters. The predicted molar refractivity (Wildman–Crippen MR) is 149 cm³/mol. The molecule has 0 amide bonds. The number of alkyl halides is 3. The van der Waals surface area contributed by atoms with Crippen molar-refractivity contribution in [2.75, 3.05) is 11.4 Å². The third kappa shape index (κ3) is 4.52. The second kappa shape index (κ2) is 10.5. The lowest BCUT2D eigenvalue weighted by Gasteiger charge is -2.28. The number of pyridine rings is 1. The molecule has 2 N–H and O–H groups in total. The van der Waals surface area contributed by atoms with Gasteiger partial charge in [-0.3, -0.25) is 0 Å². The van der Waals surface area contributed by atoms with E-state index in [0.29, 0.717) is 46.4 Å². The molecule has 3 aromatic heterocycles. The van der Waals surface area contributed by atoms with Crippen LogP contribution in [0.3, 0.4) is 0 Å². The van der Waals surface area contributed by atoms with Gasteiger partial charge in [-0.05, 0) is 42.2 Å². The lowest BCUT2D eigenvalue weighted by atomic mass is 9.96. The number of aromatic amines is 1. The van der Waals surface area contributed by atoms with Crippen LogP contribution < -0.4 is 4.90 Å². The van der Waals surface area contributed by atoms with Gasteiger partial charge in [-0.1, -0.05) is 32.0 Å². The van der Waals surface area contributed by atoms with Crippen LogP contribution in [0, 0.1) is 11.6 Å². The SMILES string of the molecule is CCc1cccc(CC)c1-n1nc2c(c1-c1cc(F)c(CO)c3[nH]ccc13)CN(c1ncc(C(F)(F)F)cc1F)CC2. The van der Waals surface area contributed by atoms with Gasteiger partial charge in [-0.25, -0.2) is 18.4 Å². The second-order valence-electron chi connectivity index (χ2n) is 10.3. The molecule has 0 saturated carbocycles. The average Bonchev–Trinajstić information content (AvgIpc) is 3.60. The summed E-state index contributed by atoms with van der Waals surface area (Å²) in [6.45, 7) is 3.98. The van der Waals surface area contributed by atoms with Crippen molar-refractivity contribution in [1.29, 1.82) is 0 Å². The van der Waals surface area contributed by atoms with Crippen molar-refractivity contribution in [3.63, 3.8) is 0 Å². The number of fused-ring (bicyclic) bond motifs is 2. The minimum atomic E-state index is -4.72. The summed E-state index contributed by atoms with van der Waals surface area (Å²) in [4.78, 5) is 8.48. The molecule has 0 bridgehead atoms. The molecule has 42 heavy (non-hydrogen) atoms. The van der Waals surface area contributed by atoms with Crippen LogP contribution in [0.2, 0.25) is 0 Å². The molecule has 1 aliphatic rings. The standard InChI is InChI=1S/C31H28F5N5O/c1-3-17-6-5-7-18(4-2)28(17)41-29(21-13-24(32)23(16-42)27-20(21)8-10-37-27)22-15-40(11-9-26(22)39-41)30-25(33)12-19(14-38-30)31(34,35)36/h5-8,10,12-14,37,42H,3-4,9,11,15-16H2,1-2H3. The van der Waals surface area contributed by atoms with Gasteiger partial charge < -0.3 is 15.0 Å². The molecule has 0 spiro atoms. The summed E-state index contributed by atoms with van der Waals surface area (Å²) >= 11 is 0. The number of hydrogen-bond acceptors (Lipinski definition) is 4. The van der Waals surface area contributed by atoms with Gasteiger partial charge in [0.1, 0.15) is 5.82 Å². The van der Waals surface area contributed by atoms with Crippen molar-refractivity contribution < 1.29 is 27.1 Å². The van der Waals surface area contributed by atoms with Crippen molar-refractivity contribution >= 4 is 16.7 Å². The number of benzene rings is 2. The van der Waals surface area contributed by atoms with Crippen molar-refractivity contribution in [3.8, 4) is 16.9 Å². The molecule has 0 fully saturated rings. The molecule has 11 heteroatoms. The first-order valence-electron chi connectivity index (χ1n) is 13.7. The number of H-pyrrole nitrogens is 1. The topological polar surface area (TPSA) is 70.0 Å². The van der Waals surface area contributed by atoms with E-state index < -0.39 is 30.0 Å². The highest BCUT2D eigenvalue weighted by Crippen LogP contribution is 2.41. The molecule has 0 aliphatic carbocycles. The van der Waals surface area contributed by atoms with Crippen molar-refractivity contribution in [1.82, 2.24) is 19.7 Å². The van der Waals surface area contributed by atoms with E-state index in [1.54, 1.807) is 17.2 Å². The first-order valence-corrected chi connectivity index (χ1v) is 13.7. The van der Waals surface area contributed by atoms with Crippen LogP contribution in [0.1, 0.15) is 47.4 Å². The smallest absolute Gasteiger partial charge is 0.391 e. The Kier molecular flexibility index (Phi) is 7.00. The van der Waals surface area contributed by atoms with Crippen LogP contribution in [-0.4, -0.2) is 31.4 Å². The van der Waals surface area contributed by atoms with E-state index in [1.165, 1.54) is 6.07 Å². The molecular formula is C31H28F5N5O. The van der Waals surface area contributed by atoms with E-state index >= 15 is 8.78 Å². The zero-order valence-corrected chi connectivity index (χ0v) is 23.0. The van der Waals surface area contributed by atoms with Crippen molar-refractivity contribution in [2.45, 2.75) is 52.4 Å². The quantitative estimate of drug-likeness (QED) is 0.214. The minimum absolute atomic E-state index is 0.102. The summed E-state index contributed by atoms with van der Waals surface area (Å²) in [5, 5.41) is 15.6. The number of aryl methyl sites for hydroxylation is 2. The number of nitrogens with zero attached hydrogens (tertiary/aromatic N) is 4. The summed E-state index contributed by atoms with van der Waals surface area (Å²) < 4.78 is 71.9. The van der Waals surface area contributed by atoms with E-state index in [4.69, 9.17) is 5.10 Å². The Morgan fingerprint density at radius 3 is 2.40 bits per heavy atom. The third-order valence-electron chi connectivity index (χ3n) is 7.97. The van der Waals surface area contributed by atoms with Gasteiger partial charge >= 0.3 is 6.18 Å². The van der Waals surface area contributed by atoms with E-state index in [0.717, 1.165) is 35.3 Å². The number of nitrogens with one attached hydrogen (secondary N) is 1. The number of anilines is 1.